The molecule has 10 heteroatoms. The molecule has 1 aliphatic heterocycles. The Balaban J connectivity index is 1.89. The lowest BCUT2D eigenvalue weighted by atomic mass is 10.0. The molecule has 0 bridgehead atoms. The van der Waals surface area contributed by atoms with Gasteiger partial charge in [-0.25, -0.2) is 22.3 Å². The average molecular weight is 470 g/mol. The van der Waals surface area contributed by atoms with Gasteiger partial charge in [0.25, 0.3) is 5.91 Å². The molecule has 0 spiro atoms. The van der Waals surface area contributed by atoms with Gasteiger partial charge in [0.05, 0.1) is 12.4 Å². The number of hydrogen-bond acceptors (Lipinski definition) is 5. The van der Waals surface area contributed by atoms with Crippen molar-refractivity contribution in [3.63, 3.8) is 0 Å². The Morgan fingerprint density at radius 1 is 1.22 bits per heavy atom. The van der Waals surface area contributed by atoms with Crippen LogP contribution in [-0.2, 0) is 14.8 Å². The lowest BCUT2D eigenvalue weighted by molar-refractivity contribution is -0.124. The Bertz CT molecular complexity index is 976. The van der Waals surface area contributed by atoms with E-state index in [2.05, 4.69) is 10.0 Å². The summed E-state index contributed by atoms with van der Waals surface area (Å²) in [6, 6.07) is 3.26. The summed E-state index contributed by atoms with van der Waals surface area (Å²) in [4.78, 5) is 25.0. The molecule has 8 nitrogen and oxygen atoms in total. The van der Waals surface area contributed by atoms with Gasteiger partial charge in [0, 0.05) is 12.6 Å². The van der Waals surface area contributed by atoms with Gasteiger partial charge in [-0.15, -0.1) is 0 Å². The number of amides is 3. The maximum Gasteiger partial charge on any atom is 0.325 e. The number of hydrogen-bond donors (Lipinski definition) is 2. The molecule has 0 aliphatic carbocycles. The maximum atomic E-state index is 13.9. The molecule has 1 heterocycles. The SMILES string of the molecule is CC(C)COc1cc([C@@H](C)NS(=O)(=O)CC/C=C/CN2C(=O)NC(=O)C2(C)C)ccc1F. The van der Waals surface area contributed by atoms with Crippen molar-refractivity contribution in [2.24, 2.45) is 5.92 Å². The van der Waals surface area contributed by atoms with Crippen LogP contribution < -0.4 is 14.8 Å². The van der Waals surface area contributed by atoms with Crippen LogP contribution in [0.1, 0.15) is 52.6 Å². The van der Waals surface area contributed by atoms with Crippen LogP contribution in [0.2, 0.25) is 0 Å². The molecule has 1 aromatic carbocycles. The lowest BCUT2D eigenvalue weighted by Crippen LogP contribution is -2.44. The smallest absolute Gasteiger partial charge is 0.325 e. The third-order valence-electron chi connectivity index (χ3n) is 5.09. The van der Waals surface area contributed by atoms with E-state index < -0.39 is 33.5 Å². The molecule has 1 aromatic rings. The van der Waals surface area contributed by atoms with E-state index in [9.17, 15) is 22.4 Å². The molecule has 2 rings (SSSR count). The zero-order valence-corrected chi connectivity index (χ0v) is 20.0. The highest BCUT2D eigenvalue weighted by Gasteiger charge is 2.44. The molecule has 1 aliphatic rings. The second kappa shape index (κ2) is 10.4. The first-order valence-corrected chi connectivity index (χ1v) is 12.2. The Kier molecular flexibility index (Phi) is 8.41. The molecule has 2 N–H and O–H groups in total. The van der Waals surface area contributed by atoms with Crippen molar-refractivity contribution in [3.8, 4) is 5.75 Å². The lowest BCUT2D eigenvalue weighted by Gasteiger charge is -2.26. The predicted octanol–water partition coefficient (Wildman–Crippen LogP) is 3.12. The van der Waals surface area contributed by atoms with Gasteiger partial charge in [0.1, 0.15) is 5.54 Å². The third-order valence-corrected chi connectivity index (χ3v) is 6.57. The number of ether oxygens (including phenoxy) is 1. The summed E-state index contributed by atoms with van der Waals surface area (Å²) < 4.78 is 46.9. The van der Waals surface area contributed by atoms with E-state index in [0.29, 0.717) is 12.2 Å². The zero-order chi connectivity index (χ0) is 24.1. The number of carbonyl (C=O) groups is 2. The minimum absolute atomic E-state index is 0.0949. The number of sulfonamides is 1. The molecule has 32 heavy (non-hydrogen) atoms. The molecule has 0 unspecified atom stereocenters. The number of benzene rings is 1. The number of nitrogens with zero attached hydrogens (tertiary/aromatic N) is 1. The minimum Gasteiger partial charge on any atom is -0.490 e. The third kappa shape index (κ3) is 6.77. The fraction of sp³-hybridized carbons (Fsp3) is 0.545. The molecular weight excluding hydrogens is 437 g/mol. The van der Waals surface area contributed by atoms with Crippen LogP contribution in [0.25, 0.3) is 0 Å². The van der Waals surface area contributed by atoms with Gasteiger partial charge >= 0.3 is 6.03 Å². The summed E-state index contributed by atoms with van der Waals surface area (Å²) in [5.74, 6) is -0.687. The summed E-state index contributed by atoms with van der Waals surface area (Å²) in [5, 5.41) is 2.26. The van der Waals surface area contributed by atoms with E-state index >= 15 is 0 Å². The van der Waals surface area contributed by atoms with E-state index in [1.165, 1.54) is 23.1 Å². The average Bonchev–Trinajstić information content (AvgIpc) is 2.87. The molecule has 1 saturated heterocycles. The second-order valence-electron chi connectivity index (χ2n) is 8.74. The van der Waals surface area contributed by atoms with Crippen LogP contribution in [0.4, 0.5) is 9.18 Å². The van der Waals surface area contributed by atoms with Gasteiger partial charge in [0.2, 0.25) is 10.0 Å². The number of allylic oxidation sites excluding steroid dienone is 1. The molecule has 1 fully saturated rings. The van der Waals surface area contributed by atoms with Crippen molar-refractivity contribution in [3.05, 3.63) is 41.7 Å². The van der Waals surface area contributed by atoms with Gasteiger partial charge in [-0.1, -0.05) is 32.1 Å². The molecule has 3 amide bonds. The van der Waals surface area contributed by atoms with E-state index in [1.54, 1.807) is 32.9 Å². The first-order chi connectivity index (χ1) is 14.8. The number of imide groups is 1. The van der Waals surface area contributed by atoms with Crippen molar-refractivity contribution in [1.82, 2.24) is 14.9 Å². The molecule has 178 valence electrons. The topological polar surface area (TPSA) is 105 Å². The van der Waals surface area contributed by atoms with E-state index in [0.717, 1.165) is 0 Å². The molecular formula is C22H32FN3O5S. The van der Waals surface area contributed by atoms with Crippen molar-refractivity contribution in [2.45, 2.75) is 52.6 Å². The van der Waals surface area contributed by atoms with Crippen molar-refractivity contribution in [1.29, 1.82) is 0 Å². The van der Waals surface area contributed by atoms with Gasteiger partial charge < -0.3 is 9.64 Å². The van der Waals surface area contributed by atoms with E-state index in [1.807, 2.05) is 13.8 Å². The summed E-state index contributed by atoms with van der Waals surface area (Å²) >= 11 is 0. The number of rotatable bonds is 11. The Hall–Kier alpha value is -2.46. The quantitative estimate of drug-likeness (QED) is 0.383. The summed E-state index contributed by atoms with van der Waals surface area (Å²) in [5.41, 5.74) is -0.353. The summed E-state index contributed by atoms with van der Waals surface area (Å²) in [6.07, 6.45) is 3.56. The van der Waals surface area contributed by atoms with Crippen LogP contribution >= 0.6 is 0 Å². The van der Waals surface area contributed by atoms with Gasteiger partial charge in [0.15, 0.2) is 11.6 Å². The van der Waals surface area contributed by atoms with Crippen LogP contribution in [0.15, 0.2) is 30.4 Å². The molecule has 0 aromatic heterocycles. The number of carbonyl (C=O) groups excluding carboxylic acids is 2. The first kappa shape index (κ1) is 25.8. The van der Waals surface area contributed by atoms with Crippen molar-refractivity contribution in [2.75, 3.05) is 18.9 Å². The van der Waals surface area contributed by atoms with Gasteiger partial charge in [-0.2, -0.15) is 0 Å². The molecule has 1 atom stereocenters. The Morgan fingerprint density at radius 3 is 2.50 bits per heavy atom. The fourth-order valence-electron chi connectivity index (χ4n) is 3.08. The first-order valence-electron chi connectivity index (χ1n) is 10.5. The van der Waals surface area contributed by atoms with Crippen molar-refractivity contribution >= 4 is 22.0 Å². The Labute approximate surface area is 189 Å². The van der Waals surface area contributed by atoms with Crippen LogP contribution in [-0.4, -0.2) is 49.7 Å². The Morgan fingerprint density at radius 2 is 1.91 bits per heavy atom. The maximum absolute atomic E-state index is 13.9. The van der Waals surface area contributed by atoms with Crippen LogP contribution in [0, 0.1) is 11.7 Å². The highest BCUT2D eigenvalue weighted by atomic mass is 32.2. The van der Waals surface area contributed by atoms with Crippen molar-refractivity contribution < 1.29 is 27.1 Å². The predicted molar refractivity (Wildman–Crippen MR) is 120 cm³/mol. The van der Waals surface area contributed by atoms with Gasteiger partial charge in [-0.3, -0.25) is 10.1 Å². The number of urea groups is 1. The number of halogens is 1. The fourth-order valence-corrected chi connectivity index (χ4v) is 4.32. The molecule has 0 saturated carbocycles. The minimum atomic E-state index is -3.60. The summed E-state index contributed by atoms with van der Waals surface area (Å²) in [6.45, 7) is 9.43. The van der Waals surface area contributed by atoms with Crippen LogP contribution in [0.5, 0.6) is 5.75 Å². The monoisotopic (exact) mass is 469 g/mol. The zero-order valence-electron chi connectivity index (χ0n) is 19.1. The van der Waals surface area contributed by atoms with E-state index in [4.69, 9.17) is 4.74 Å². The van der Waals surface area contributed by atoms with E-state index in [-0.39, 0.29) is 36.3 Å². The number of nitrogens with one attached hydrogen (secondary N) is 2. The summed E-state index contributed by atoms with van der Waals surface area (Å²) in [7, 11) is -3.60. The van der Waals surface area contributed by atoms with Gasteiger partial charge in [-0.05, 0) is 50.8 Å². The standard InChI is InChI=1S/C22H32FN3O5S/c1-15(2)14-31-19-13-17(9-10-18(19)23)16(3)25-32(29,30)12-8-6-7-11-26-21(28)24-20(27)22(26,4)5/h6-7,9-10,13,15-16,25H,8,11-12,14H2,1-5H3,(H,24,27,28)/b7-6+/t16-/m1/s1. The highest BCUT2D eigenvalue weighted by molar-refractivity contribution is 7.89. The normalized spacial score (nSPS) is 17.3. The largest absolute Gasteiger partial charge is 0.490 e. The molecule has 0 radical (unpaired) electrons. The highest BCUT2D eigenvalue weighted by Crippen LogP contribution is 2.24. The second-order valence-corrected chi connectivity index (χ2v) is 10.6. The van der Waals surface area contributed by atoms with Crippen LogP contribution in [0.3, 0.4) is 0 Å².